The van der Waals surface area contributed by atoms with E-state index in [4.69, 9.17) is 9.68 Å². The van der Waals surface area contributed by atoms with E-state index in [1.807, 2.05) is 25.2 Å². The van der Waals surface area contributed by atoms with Crippen molar-refractivity contribution in [3.8, 4) is 6.19 Å². The van der Waals surface area contributed by atoms with Crippen LogP contribution < -0.4 is 0 Å². The van der Waals surface area contributed by atoms with Gasteiger partial charge in [-0.1, -0.05) is 0 Å². The second-order valence-corrected chi connectivity index (χ2v) is 3.57. The number of amides is 2. The third kappa shape index (κ3) is 1.44. The molecule has 2 amide bonds. The summed E-state index contributed by atoms with van der Waals surface area (Å²) in [6.45, 7) is 2.21. The van der Waals surface area contributed by atoms with Crippen molar-refractivity contribution in [1.29, 1.82) is 5.26 Å². The van der Waals surface area contributed by atoms with Gasteiger partial charge in [-0.25, -0.2) is 9.69 Å². The van der Waals surface area contributed by atoms with Crippen molar-refractivity contribution in [2.45, 2.75) is 13.0 Å². The molecule has 0 N–H and O–H groups in total. The lowest BCUT2D eigenvalue weighted by molar-refractivity contribution is 0.202. The monoisotopic (exact) mass is 205 g/mol. The predicted molar refractivity (Wildman–Crippen MR) is 51.7 cm³/mol. The Balaban J connectivity index is 2.26. The normalized spacial score (nSPS) is 20.9. The number of hydrogen-bond acceptors (Lipinski definition) is 3. The molecule has 2 rings (SSSR count). The Bertz CT molecular complexity index is 432. The second kappa shape index (κ2) is 3.31. The van der Waals surface area contributed by atoms with Gasteiger partial charge in [-0.2, -0.15) is 5.26 Å². The van der Waals surface area contributed by atoms with Gasteiger partial charge in [0.15, 0.2) is 6.19 Å². The summed E-state index contributed by atoms with van der Waals surface area (Å²) < 4.78 is 5.45. The maximum Gasteiger partial charge on any atom is 0.333 e. The molecule has 0 radical (unpaired) electrons. The van der Waals surface area contributed by atoms with E-state index in [-0.39, 0.29) is 12.1 Å². The van der Waals surface area contributed by atoms with Gasteiger partial charge in [0.25, 0.3) is 0 Å². The Morgan fingerprint density at radius 3 is 2.80 bits per heavy atom. The van der Waals surface area contributed by atoms with E-state index in [0.29, 0.717) is 6.54 Å². The summed E-state index contributed by atoms with van der Waals surface area (Å²) in [6.07, 6.45) is 1.85. The molecule has 5 heteroatoms. The van der Waals surface area contributed by atoms with Crippen molar-refractivity contribution in [2.24, 2.45) is 0 Å². The first-order valence-corrected chi connectivity index (χ1v) is 4.64. The summed E-state index contributed by atoms with van der Waals surface area (Å²) in [5.74, 6) is 1.53. The minimum Gasteiger partial charge on any atom is -0.464 e. The molecular weight excluding hydrogens is 194 g/mol. The molecule has 1 aliphatic heterocycles. The topological polar surface area (TPSA) is 60.5 Å². The highest BCUT2D eigenvalue weighted by Crippen LogP contribution is 2.28. The van der Waals surface area contributed by atoms with Gasteiger partial charge in [-0.15, -0.1) is 0 Å². The first kappa shape index (κ1) is 9.59. The lowest BCUT2D eigenvalue weighted by Gasteiger charge is -2.14. The predicted octanol–water partition coefficient (Wildman–Crippen LogP) is 1.48. The minimum absolute atomic E-state index is 0.161. The summed E-state index contributed by atoms with van der Waals surface area (Å²) in [5.41, 5.74) is 0. The van der Waals surface area contributed by atoms with Gasteiger partial charge in [0, 0.05) is 7.05 Å². The van der Waals surface area contributed by atoms with Gasteiger partial charge in [-0.3, -0.25) is 0 Å². The minimum atomic E-state index is -0.281. The van der Waals surface area contributed by atoms with Gasteiger partial charge >= 0.3 is 6.03 Å². The van der Waals surface area contributed by atoms with Crippen LogP contribution in [0.15, 0.2) is 16.5 Å². The molecule has 1 aliphatic rings. The van der Waals surface area contributed by atoms with Gasteiger partial charge in [-0.05, 0) is 19.1 Å². The summed E-state index contributed by atoms with van der Waals surface area (Å²) in [6, 6.07) is 3.25. The van der Waals surface area contributed by atoms with Crippen LogP contribution in [-0.2, 0) is 0 Å². The number of nitrogens with zero attached hydrogens (tertiary/aromatic N) is 3. The molecule has 0 aliphatic carbocycles. The number of carbonyl (C=O) groups excluding carboxylic acids is 1. The van der Waals surface area contributed by atoms with Crippen molar-refractivity contribution in [2.75, 3.05) is 13.6 Å². The van der Waals surface area contributed by atoms with Crippen molar-refractivity contribution in [3.63, 3.8) is 0 Å². The molecule has 1 atom stereocenters. The average molecular weight is 205 g/mol. The van der Waals surface area contributed by atoms with Crippen LogP contribution in [-0.4, -0.2) is 29.4 Å². The van der Waals surface area contributed by atoms with Crippen LogP contribution >= 0.6 is 0 Å². The van der Waals surface area contributed by atoms with E-state index in [9.17, 15) is 4.79 Å². The average Bonchev–Trinajstić information content (AvgIpc) is 2.74. The third-order valence-corrected chi connectivity index (χ3v) is 2.57. The Labute approximate surface area is 87.5 Å². The molecule has 1 aromatic heterocycles. The summed E-state index contributed by atoms with van der Waals surface area (Å²) in [7, 11) is 1.67. The van der Waals surface area contributed by atoms with E-state index >= 15 is 0 Å². The highest BCUT2D eigenvalue weighted by molar-refractivity contribution is 5.78. The highest BCUT2D eigenvalue weighted by atomic mass is 16.3. The highest BCUT2D eigenvalue weighted by Gasteiger charge is 2.37. The molecule has 1 fully saturated rings. The lowest BCUT2D eigenvalue weighted by Crippen LogP contribution is -2.26. The van der Waals surface area contributed by atoms with Crippen LogP contribution in [0.3, 0.4) is 0 Å². The fourth-order valence-electron chi connectivity index (χ4n) is 1.69. The molecule has 2 heterocycles. The maximum absolute atomic E-state index is 11.5. The van der Waals surface area contributed by atoms with Crippen molar-refractivity contribution >= 4 is 6.03 Å². The Kier molecular flexibility index (Phi) is 2.12. The zero-order valence-corrected chi connectivity index (χ0v) is 8.60. The summed E-state index contributed by atoms with van der Waals surface area (Å²) >= 11 is 0. The SMILES string of the molecule is Cc1ccc(C2CN(C#N)C(=O)N2C)o1. The van der Waals surface area contributed by atoms with Crippen LogP contribution in [0.5, 0.6) is 0 Å². The smallest absolute Gasteiger partial charge is 0.333 e. The molecule has 1 aromatic rings. The molecule has 1 unspecified atom stereocenters. The van der Waals surface area contributed by atoms with Gasteiger partial charge < -0.3 is 9.32 Å². The standard InChI is InChI=1S/C10H11N3O2/c1-7-3-4-9(15-7)8-5-13(6-11)10(14)12(8)2/h3-4,8H,5H2,1-2H3. The van der Waals surface area contributed by atoms with Crippen molar-refractivity contribution < 1.29 is 9.21 Å². The Hall–Kier alpha value is -1.96. The molecule has 0 saturated carbocycles. The van der Waals surface area contributed by atoms with Crippen LogP contribution in [0.2, 0.25) is 0 Å². The molecule has 0 bridgehead atoms. The third-order valence-electron chi connectivity index (χ3n) is 2.57. The number of urea groups is 1. The summed E-state index contributed by atoms with van der Waals surface area (Å²) in [5, 5.41) is 8.72. The number of carbonyl (C=O) groups is 1. The Morgan fingerprint density at radius 1 is 1.60 bits per heavy atom. The molecule has 15 heavy (non-hydrogen) atoms. The second-order valence-electron chi connectivity index (χ2n) is 3.57. The van der Waals surface area contributed by atoms with Crippen molar-refractivity contribution in [1.82, 2.24) is 9.80 Å². The van der Waals surface area contributed by atoms with Crippen LogP contribution in [0, 0.1) is 18.4 Å². The number of hydrogen-bond donors (Lipinski definition) is 0. The van der Waals surface area contributed by atoms with Crippen molar-refractivity contribution in [3.05, 3.63) is 23.7 Å². The number of furan rings is 1. The van der Waals surface area contributed by atoms with E-state index in [1.165, 1.54) is 4.90 Å². The van der Waals surface area contributed by atoms with Crippen LogP contribution in [0.1, 0.15) is 17.6 Å². The molecule has 0 spiro atoms. The quantitative estimate of drug-likeness (QED) is 0.652. The first-order chi connectivity index (χ1) is 7.13. The molecule has 0 aromatic carbocycles. The lowest BCUT2D eigenvalue weighted by atomic mass is 10.2. The fourth-order valence-corrected chi connectivity index (χ4v) is 1.69. The molecule has 1 saturated heterocycles. The van der Waals surface area contributed by atoms with Crippen LogP contribution in [0.4, 0.5) is 4.79 Å². The zero-order chi connectivity index (χ0) is 11.0. The first-order valence-electron chi connectivity index (χ1n) is 4.64. The molecular formula is C10H11N3O2. The molecule has 5 nitrogen and oxygen atoms in total. The van der Waals surface area contributed by atoms with Gasteiger partial charge in [0.2, 0.25) is 0 Å². The maximum atomic E-state index is 11.5. The number of aryl methyl sites for hydroxylation is 1. The summed E-state index contributed by atoms with van der Waals surface area (Å²) in [4.78, 5) is 14.2. The number of rotatable bonds is 1. The van der Waals surface area contributed by atoms with E-state index in [2.05, 4.69) is 0 Å². The largest absolute Gasteiger partial charge is 0.464 e. The number of likely N-dealkylation sites (N-methyl/N-ethyl adjacent to an activating group) is 1. The van der Waals surface area contributed by atoms with Gasteiger partial charge in [0.05, 0.1) is 6.54 Å². The Morgan fingerprint density at radius 2 is 2.33 bits per heavy atom. The van der Waals surface area contributed by atoms with E-state index < -0.39 is 0 Å². The van der Waals surface area contributed by atoms with Crippen LogP contribution in [0.25, 0.3) is 0 Å². The van der Waals surface area contributed by atoms with E-state index in [0.717, 1.165) is 16.4 Å². The van der Waals surface area contributed by atoms with Gasteiger partial charge in [0.1, 0.15) is 17.6 Å². The number of nitriles is 1. The fraction of sp³-hybridized carbons (Fsp3) is 0.400. The van der Waals surface area contributed by atoms with E-state index in [1.54, 1.807) is 7.05 Å². The zero-order valence-electron chi connectivity index (χ0n) is 8.60. The molecule has 78 valence electrons.